The first kappa shape index (κ1) is 12.6. The van der Waals surface area contributed by atoms with Crippen LogP contribution in [0.4, 0.5) is 5.82 Å². The lowest BCUT2D eigenvalue weighted by Crippen LogP contribution is -2.28. The van der Waals surface area contributed by atoms with Crippen molar-refractivity contribution in [3.05, 3.63) is 11.8 Å². The average Bonchev–Trinajstić information content (AvgIpc) is 2.95. The molecule has 2 rings (SSSR count). The fourth-order valence-corrected chi connectivity index (χ4v) is 2.09. The maximum atomic E-state index is 12.0. The number of H-pyrrole nitrogens is 1. The van der Waals surface area contributed by atoms with E-state index in [4.69, 9.17) is 0 Å². The first-order valence-corrected chi connectivity index (χ1v) is 6.27. The number of hydrogen-bond donors (Lipinski definition) is 2. The summed E-state index contributed by atoms with van der Waals surface area (Å²) >= 11 is 0. The molecule has 0 spiro atoms. The molecule has 98 valence electrons. The smallest absolute Gasteiger partial charge is 0.230 e. The van der Waals surface area contributed by atoms with Crippen LogP contribution in [0.25, 0.3) is 0 Å². The second-order valence-corrected chi connectivity index (χ2v) is 4.45. The predicted molar refractivity (Wildman–Crippen MR) is 67.0 cm³/mol. The van der Waals surface area contributed by atoms with E-state index in [1.807, 2.05) is 19.9 Å². The van der Waals surface area contributed by atoms with E-state index in [0.29, 0.717) is 25.3 Å². The standard InChI is InChI=1S/C12H18N4O2/c1-3-9-6-10(15-14-9)13-12(18)8-5-11(17)16(4-2)7-8/h6,8H,3-5,7H2,1-2H3,(H2,13,14,15,18). The molecule has 1 saturated heterocycles. The second kappa shape index (κ2) is 5.20. The van der Waals surface area contributed by atoms with Gasteiger partial charge in [-0.15, -0.1) is 0 Å². The fourth-order valence-electron chi connectivity index (χ4n) is 2.09. The predicted octanol–water partition coefficient (Wildman–Crippen LogP) is 0.779. The van der Waals surface area contributed by atoms with Gasteiger partial charge >= 0.3 is 0 Å². The first-order valence-electron chi connectivity index (χ1n) is 6.27. The largest absolute Gasteiger partial charge is 0.342 e. The summed E-state index contributed by atoms with van der Waals surface area (Å²) in [5.74, 6) is 0.181. The molecule has 18 heavy (non-hydrogen) atoms. The Morgan fingerprint density at radius 2 is 2.39 bits per heavy atom. The Morgan fingerprint density at radius 3 is 2.94 bits per heavy atom. The van der Waals surface area contributed by atoms with E-state index in [9.17, 15) is 9.59 Å². The molecule has 1 aliphatic heterocycles. The molecule has 0 radical (unpaired) electrons. The molecule has 0 saturated carbocycles. The van der Waals surface area contributed by atoms with E-state index in [0.717, 1.165) is 12.1 Å². The summed E-state index contributed by atoms with van der Waals surface area (Å²) in [6.45, 7) is 5.09. The van der Waals surface area contributed by atoms with Crippen LogP contribution >= 0.6 is 0 Å². The molecule has 1 aromatic rings. The summed E-state index contributed by atoms with van der Waals surface area (Å²) in [7, 11) is 0. The van der Waals surface area contributed by atoms with Crippen LogP contribution in [0.1, 0.15) is 26.0 Å². The van der Waals surface area contributed by atoms with E-state index >= 15 is 0 Å². The molecule has 1 atom stereocenters. The molecule has 1 aliphatic rings. The third-order valence-electron chi connectivity index (χ3n) is 3.23. The Morgan fingerprint density at radius 1 is 1.61 bits per heavy atom. The third-order valence-corrected chi connectivity index (χ3v) is 3.23. The summed E-state index contributed by atoms with van der Waals surface area (Å²) in [6, 6.07) is 1.81. The minimum atomic E-state index is -0.265. The van der Waals surface area contributed by atoms with E-state index < -0.39 is 0 Å². The third kappa shape index (κ3) is 2.52. The Hall–Kier alpha value is -1.85. The first-order chi connectivity index (χ1) is 8.63. The van der Waals surface area contributed by atoms with E-state index in [1.165, 1.54) is 0 Å². The number of rotatable bonds is 4. The van der Waals surface area contributed by atoms with Crippen molar-refractivity contribution in [2.75, 3.05) is 18.4 Å². The van der Waals surface area contributed by atoms with Gasteiger partial charge in [-0.2, -0.15) is 5.10 Å². The lowest BCUT2D eigenvalue weighted by molar-refractivity contribution is -0.128. The molecule has 1 unspecified atom stereocenters. The van der Waals surface area contributed by atoms with Crippen LogP contribution in [-0.2, 0) is 16.0 Å². The lowest BCUT2D eigenvalue weighted by atomic mass is 10.1. The quantitative estimate of drug-likeness (QED) is 0.829. The minimum absolute atomic E-state index is 0.0499. The number of hydrogen-bond acceptors (Lipinski definition) is 3. The Labute approximate surface area is 106 Å². The molecule has 0 aliphatic carbocycles. The molecule has 2 heterocycles. The zero-order chi connectivity index (χ0) is 13.1. The van der Waals surface area contributed by atoms with Crippen molar-refractivity contribution < 1.29 is 9.59 Å². The zero-order valence-electron chi connectivity index (χ0n) is 10.7. The maximum absolute atomic E-state index is 12.0. The van der Waals surface area contributed by atoms with Gasteiger partial charge in [0.25, 0.3) is 0 Å². The molecule has 1 fully saturated rings. The van der Waals surface area contributed by atoms with Gasteiger partial charge in [-0.3, -0.25) is 14.7 Å². The number of carbonyl (C=O) groups excluding carboxylic acids is 2. The van der Waals surface area contributed by atoms with E-state index in [2.05, 4.69) is 15.5 Å². The Balaban J connectivity index is 1.94. The minimum Gasteiger partial charge on any atom is -0.342 e. The van der Waals surface area contributed by atoms with Crippen LogP contribution in [0, 0.1) is 5.92 Å². The molecule has 0 aromatic carbocycles. The summed E-state index contributed by atoms with van der Waals surface area (Å²) < 4.78 is 0. The van der Waals surface area contributed by atoms with Crippen LogP contribution in [0.3, 0.4) is 0 Å². The van der Waals surface area contributed by atoms with Gasteiger partial charge in [-0.1, -0.05) is 6.92 Å². The molecular formula is C12H18N4O2. The van der Waals surface area contributed by atoms with Gasteiger partial charge in [0.15, 0.2) is 5.82 Å². The van der Waals surface area contributed by atoms with Gasteiger partial charge in [0.05, 0.1) is 5.92 Å². The highest BCUT2D eigenvalue weighted by Gasteiger charge is 2.33. The highest BCUT2D eigenvalue weighted by atomic mass is 16.2. The number of aromatic amines is 1. The van der Waals surface area contributed by atoms with Crippen LogP contribution in [0.5, 0.6) is 0 Å². The van der Waals surface area contributed by atoms with Crippen molar-refractivity contribution in [2.45, 2.75) is 26.7 Å². The van der Waals surface area contributed by atoms with Crippen LogP contribution < -0.4 is 5.32 Å². The van der Waals surface area contributed by atoms with Gasteiger partial charge in [-0.25, -0.2) is 0 Å². The SMILES string of the molecule is CCc1cc(NC(=O)C2CC(=O)N(CC)C2)n[nH]1. The lowest BCUT2D eigenvalue weighted by Gasteiger charge is -2.12. The molecule has 2 amide bonds. The second-order valence-electron chi connectivity index (χ2n) is 4.45. The number of carbonyl (C=O) groups is 2. The van der Waals surface area contributed by atoms with Crippen molar-refractivity contribution in [1.82, 2.24) is 15.1 Å². The number of amides is 2. The van der Waals surface area contributed by atoms with Crippen molar-refractivity contribution in [2.24, 2.45) is 5.92 Å². The van der Waals surface area contributed by atoms with Crippen molar-refractivity contribution in [3.8, 4) is 0 Å². The number of nitrogens with one attached hydrogen (secondary N) is 2. The molecule has 6 heteroatoms. The molecule has 6 nitrogen and oxygen atoms in total. The van der Waals surface area contributed by atoms with Crippen molar-refractivity contribution >= 4 is 17.6 Å². The summed E-state index contributed by atoms with van der Waals surface area (Å²) in [6.07, 6.45) is 1.14. The number of nitrogens with zero attached hydrogens (tertiary/aromatic N) is 2. The maximum Gasteiger partial charge on any atom is 0.230 e. The highest BCUT2D eigenvalue weighted by molar-refractivity contribution is 5.96. The van der Waals surface area contributed by atoms with Crippen LogP contribution in [0.15, 0.2) is 6.07 Å². The topological polar surface area (TPSA) is 78.1 Å². The summed E-state index contributed by atoms with van der Waals surface area (Å²) in [5.41, 5.74) is 0.975. The van der Waals surface area contributed by atoms with Gasteiger partial charge in [0, 0.05) is 31.3 Å². The number of aromatic nitrogens is 2. The van der Waals surface area contributed by atoms with Crippen LogP contribution in [-0.4, -0.2) is 40.0 Å². The summed E-state index contributed by atoms with van der Waals surface area (Å²) in [4.78, 5) is 25.2. The fraction of sp³-hybridized carbons (Fsp3) is 0.583. The normalized spacial score (nSPS) is 19.3. The van der Waals surface area contributed by atoms with Gasteiger partial charge < -0.3 is 10.2 Å². The monoisotopic (exact) mass is 250 g/mol. The van der Waals surface area contributed by atoms with Gasteiger partial charge in [0.1, 0.15) is 0 Å². The number of anilines is 1. The summed E-state index contributed by atoms with van der Waals surface area (Å²) in [5, 5.41) is 9.58. The zero-order valence-corrected chi connectivity index (χ0v) is 10.7. The number of likely N-dealkylation sites (tertiary alicyclic amines) is 1. The van der Waals surface area contributed by atoms with Crippen LogP contribution in [0.2, 0.25) is 0 Å². The van der Waals surface area contributed by atoms with E-state index in [1.54, 1.807) is 4.90 Å². The Kier molecular flexibility index (Phi) is 3.64. The van der Waals surface area contributed by atoms with Crippen molar-refractivity contribution in [1.29, 1.82) is 0 Å². The molecule has 1 aromatic heterocycles. The van der Waals surface area contributed by atoms with Crippen molar-refractivity contribution in [3.63, 3.8) is 0 Å². The molecular weight excluding hydrogens is 232 g/mol. The van der Waals surface area contributed by atoms with Gasteiger partial charge in [-0.05, 0) is 13.3 Å². The van der Waals surface area contributed by atoms with Gasteiger partial charge in [0.2, 0.25) is 11.8 Å². The number of aryl methyl sites for hydroxylation is 1. The highest BCUT2D eigenvalue weighted by Crippen LogP contribution is 2.19. The average molecular weight is 250 g/mol. The Bertz CT molecular complexity index is 455. The molecule has 2 N–H and O–H groups in total. The van der Waals surface area contributed by atoms with E-state index in [-0.39, 0.29) is 17.7 Å². The molecule has 0 bridgehead atoms.